The van der Waals surface area contributed by atoms with Gasteiger partial charge in [0.25, 0.3) is 0 Å². The van der Waals surface area contributed by atoms with Crippen LogP contribution in [0.25, 0.3) is 0 Å². The summed E-state index contributed by atoms with van der Waals surface area (Å²) in [5.74, 6) is -0.949. The number of nitrogens with zero attached hydrogens (tertiary/aromatic N) is 4. The van der Waals surface area contributed by atoms with Crippen LogP contribution in [0.1, 0.15) is 19.1 Å². The van der Waals surface area contributed by atoms with Crippen molar-refractivity contribution in [3.05, 3.63) is 22.5 Å². The molecule has 2 atom stereocenters. The molecule has 1 saturated heterocycles. The van der Waals surface area contributed by atoms with Crippen molar-refractivity contribution in [2.24, 2.45) is 4.99 Å². The standard InChI is InChI=1S/C12H17FN4O3/c1-16(2)7-14-11-9(13)5-17(12(19)15-11)10-4-3-8(6-18)20-10/h5,7-8,10,18H,3-4,6H2,1-2H3/t8-,10+/m0/s1. The van der Waals surface area contributed by atoms with Crippen molar-refractivity contribution in [3.63, 3.8) is 0 Å². The molecule has 1 N–H and O–H groups in total. The first kappa shape index (κ1) is 14.6. The summed E-state index contributed by atoms with van der Waals surface area (Å²) >= 11 is 0. The van der Waals surface area contributed by atoms with Crippen LogP contribution in [0.5, 0.6) is 0 Å². The third-order valence-corrected chi connectivity index (χ3v) is 2.90. The summed E-state index contributed by atoms with van der Waals surface area (Å²) in [4.78, 5) is 20.9. The molecule has 1 aromatic rings. The second kappa shape index (κ2) is 6.10. The highest BCUT2D eigenvalue weighted by atomic mass is 19.1. The first-order valence-corrected chi connectivity index (χ1v) is 6.27. The van der Waals surface area contributed by atoms with Crippen LogP contribution in [0.15, 0.2) is 16.0 Å². The van der Waals surface area contributed by atoms with Crippen LogP contribution < -0.4 is 5.69 Å². The zero-order valence-corrected chi connectivity index (χ0v) is 11.4. The van der Waals surface area contributed by atoms with E-state index >= 15 is 0 Å². The molecule has 0 radical (unpaired) electrons. The van der Waals surface area contributed by atoms with Gasteiger partial charge in [-0.05, 0) is 12.8 Å². The second-order valence-corrected chi connectivity index (χ2v) is 4.78. The fraction of sp³-hybridized carbons (Fsp3) is 0.583. The van der Waals surface area contributed by atoms with Crippen molar-refractivity contribution in [2.45, 2.75) is 25.2 Å². The van der Waals surface area contributed by atoms with Crippen LogP contribution in [0.3, 0.4) is 0 Å². The van der Waals surface area contributed by atoms with Gasteiger partial charge in [0.2, 0.25) is 0 Å². The zero-order chi connectivity index (χ0) is 14.7. The van der Waals surface area contributed by atoms with E-state index in [2.05, 4.69) is 9.98 Å². The molecule has 110 valence electrons. The van der Waals surface area contributed by atoms with Crippen LogP contribution >= 0.6 is 0 Å². The van der Waals surface area contributed by atoms with Gasteiger partial charge in [-0.15, -0.1) is 0 Å². The summed E-state index contributed by atoms with van der Waals surface area (Å²) < 4.78 is 20.4. The van der Waals surface area contributed by atoms with Crippen molar-refractivity contribution in [1.82, 2.24) is 14.5 Å². The summed E-state index contributed by atoms with van der Waals surface area (Å²) in [5.41, 5.74) is -0.624. The van der Waals surface area contributed by atoms with E-state index in [9.17, 15) is 9.18 Å². The number of aromatic nitrogens is 2. The van der Waals surface area contributed by atoms with E-state index in [-0.39, 0.29) is 18.5 Å². The fourth-order valence-corrected chi connectivity index (χ4v) is 1.93. The van der Waals surface area contributed by atoms with Gasteiger partial charge >= 0.3 is 5.69 Å². The highest BCUT2D eigenvalue weighted by Crippen LogP contribution is 2.27. The number of ether oxygens (including phenoxy) is 1. The molecule has 1 aromatic heterocycles. The van der Waals surface area contributed by atoms with Gasteiger partial charge in [-0.25, -0.2) is 14.2 Å². The Bertz CT molecular complexity index is 558. The molecule has 0 unspecified atom stereocenters. The molecule has 0 saturated carbocycles. The minimum Gasteiger partial charge on any atom is -0.394 e. The van der Waals surface area contributed by atoms with Crippen LogP contribution in [0.2, 0.25) is 0 Å². The molecule has 1 aliphatic heterocycles. The highest BCUT2D eigenvalue weighted by Gasteiger charge is 2.27. The maximum Gasteiger partial charge on any atom is 0.351 e. The van der Waals surface area contributed by atoms with Gasteiger partial charge in [0, 0.05) is 14.1 Å². The molecule has 8 heteroatoms. The molecule has 2 rings (SSSR count). The molecule has 0 amide bonds. The lowest BCUT2D eigenvalue weighted by Crippen LogP contribution is -2.28. The van der Waals surface area contributed by atoms with Gasteiger partial charge in [0.05, 0.1) is 25.2 Å². The van der Waals surface area contributed by atoms with E-state index in [0.717, 1.165) is 10.8 Å². The maximum absolute atomic E-state index is 13.9. The lowest BCUT2D eigenvalue weighted by atomic mass is 10.2. The Labute approximate surface area is 115 Å². The Kier molecular flexibility index (Phi) is 4.46. The number of rotatable bonds is 4. The topological polar surface area (TPSA) is 80.0 Å². The van der Waals surface area contributed by atoms with Crippen molar-refractivity contribution >= 4 is 12.2 Å². The molecule has 0 aromatic carbocycles. The SMILES string of the molecule is CN(C)C=Nc1nc(=O)n([C@H]2CC[C@@H](CO)O2)cc1F. The first-order chi connectivity index (χ1) is 9.51. The summed E-state index contributed by atoms with van der Waals surface area (Å²) in [5, 5.41) is 8.99. The van der Waals surface area contributed by atoms with E-state index in [4.69, 9.17) is 9.84 Å². The Morgan fingerprint density at radius 2 is 2.40 bits per heavy atom. The van der Waals surface area contributed by atoms with Gasteiger partial charge in [0.15, 0.2) is 11.6 Å². The van der Waals surface area contributed by atoms with Crippen LogP contribution in [0.4, 0.5) is 10.2 Å². The summed E-state index contributed by atoms with van der Waals surface area (Å²) in [6.45, 7) is -0.119. The van der Waals surface area contributed by atoms with Crippen molar-refractivity contribution in [1.29, 1.82) is 0 Å². The second-order valence-electron chi connectivity index (χ2n) is 4.78. The average Bonchev–Trinajstić information content (AvgIpc) is 2.87. The van der Waals surface area contributed by atoms with E-state index in [1.165, 1.54) is 6.34 Å². The van der Waals surface area contributed by atoms with Crippen LogP contribution in [-0.2, 0) is 4.74 Å². The average molecular weight is 284 g/mol. The number of hydrogen-bond donors (Lipinski definition) is 1. The number of aliphatic imine (C=N–C) groups is 1. The zero-order valence-electron chi connectivity index (χ0n) is 11.4. The number of halogens is 1. The minimum atomic E-state index is -0.696. The fourth-order valence-electron chi connectivity index (χ4n) is 1.93. The van der Waals surface area contributed by atoms with E-state index in [0.29, 0.717) is 12.8 Å². The van der Waals surface area contributed by atoms with E-state index in [1.807, 2.05) is 0 Å². The van der Waals surface area contributed by atoms with Crippen LogP contribution in [-0.4, -0.2) is 52.7 Å². The number of aliphatic hydroxyl groups excluding tert-OH is 1. The van der Waals surface area contributed by atoms with Crippen molar-refractivity contribution < 1.29 is 14.2 Å². The quantitative estimate of drug-likeness (QED) is 0.634. The monoisotopic (exact) mass is 284 g/mol. The first-order valence-electron chi connectivity index (χ1n) is 6.27. The largest absolute Gasteiger partial charge is 0.394 e. The smallest absolute Gasteiger partial charge is 0.351 e. The Morgan fingerprint density at radius 1 is 1.65 bits per heavy atom. The Morgan fingerprint density at radius 3 is 3.00 bits per heavy atom. The normalized spacial score (nSPS) is 22.6. The lowest BCUT2D eigenvalue weighted by Gasteiger charge is -2.14. The van der Waals surface area contributed by atoms with Crippen molar-refractivity contribution in [3.8, 4) is 0 Å². The molecular formula is C12H17FN4O3. The number of aliphatic hydroxyl groups is 1. The number of hydrogen-bond acceptors (Lipinski definition) is 5. The predicted molar refractivity (Wildman–Crippen MR) is 70.5 cm³/mol. The maximum atomic E-state index is 13.9. The minimum absolute atomic E-state index is 0.119. The van der Waals surface area contributed by atoms with Gasteiger partial charge in [-0.1, -0.05) is 0 Å². The van der Waals surface area contributed by atoms with Gasteiger partial charge < -0.3 is 14.7 Å². The molecule has 1 aliphatic rings. The lowest BCUT2D eigenvalue weighted by molar-refractivity contribution is -0.0249. The molecule has 2 heterocycles. The molecule has 1 fully saturated rings. The molecule has 0 bridgehead atoms. The van der Waals surface area contributed by atoms with Gasteiger partial charge in [0.1, 0.15) is 6.23 Å². The predicted octanol–water partition coefficient (Wildman–Crippen LogP) is 0.274. The Balaban J connectivity index is 2.25. The third-order valence-electron chi connectivity index (χ3n) is 2.90. The Hall–Kier alpha value is -1.80. The highest BCUT2D eigenvalue weighted by molar-refractivity contribution is 5.58. The summed E-state index contributed by atoms with van der Waals surface area (Å²) in [6.07, 6.45) is 2.66. The van der Waals surface area contributed by atoms with Gasteiger partial charge in [-0.2, -0.15) is 4.98 Å². The van der Waals surface area contributed by atoms with E-state index < -0.39 is 17.7 Å². The van der Waals surface area contributed by atoms with Crippen LogP contribution in [0, 0.1) is 5.82 Å². The molecular weight excluding hydrogens is 267 g/mol. The molecule has 0 aliphatic carbocycles. The molecule has 0 spiro atoms. The third kappa shape index (κ3) is 3.20. The van der Waals surface area contributed by atoms with E-state index in [1.54, 1.807) is 19.0 Å². The molecule has 20 heavy (non-hydrogen) atoms. The van der Waals surface area contributed by atoms with Gasteiger partial charge in [-0.3, -0.25) is 4.57 Å². The van der Waals surface area contributed by atoms with Crippen molar-refractivity contribution in [2.75, 3.05) is 20.7 Å². The summed E-state index contributed by atoms with van der Waals surface area (Å²) in [7, 11) is 3.45. The molecule has 7 nitrogen and oxygen atoms in total. The summed E-state index contributed by atoms with van der Waals surface area (Å²) in [6, 6.07) is 0.